The Bertz CT molecular complexity index is 547. The summed E-state index contributed by atoms with van der Waals surface area (Å²) in [5, 5.41) is 15.1. The summed E-state index contributed by atoms with van der Waals surface area (Å²) in [7, 11) is 1.84. The van der Waals surface area contributed by atoms with Gasteiger partial charge in [-0.05, 0) is 34.0 Å². The first-order chi connectivity index (χ1) is 8.06. The van der Waals surface area contributed by atoms with Crippen molar-refractivity contribution in [3.8, 4) is 10.6 Å². The predicted molar refractivity (Wildman–Crippen MR) is 70.2 cm³/mol. The van der Waals surface area contributed by atoms with Crippen LogP contribution >= 0.6 is 27.3 Å². The SMILES string of the molecule is Cn1cc(CCC(=O)O)c(-c2cc(Br)cs2)n1. The van der Waals surface area contributed by atoms with E-state index in [-0.39, 0.29) is 6.42 Å². The molecule has 2 rings (SSSR count). The van der Waals surface area contributed by atoms with Crippen molar-refractivity contribution in [2.75, 3.05) is 0 Å². The smallest absolute Gasteiger partial charge is 0.303 e. The average Bonchev–Trinajstić information content (AvgIpc) is 2.81. The van der Waals surface area contributed by atoms with Gasteiger partial charge in [-0.25, -0.2) is 0 Å². The molecular weight excluding hydrogens is 304 g/mol. The molecule has 1 N–H and O–H groups in total. The molecule has 90 valence electrons. The molecular formula is C11H11BrN2O2S. The van der Waals surface area contributed by atoms with Crippen LogP contribution in [0.2, 0.25) is 0 Å². The molecule has 0 atom stereocenters. The largest absolute Gasteiger partial charge is 0.481 e. The predicted octanol–water partition coefficient (Wildman–Crippen LogP) is 2.93. The first-order valence-electron chi connectivity index (χ1n) is 5.05. The van der Waals surface area contributed by atoms with Gasteiger partial charge in [0.1, 0.15) is 5.69 Å². The standard InChI is InChI=1S/C11H11BrN2O2S/c1-14-5-7(2-3-10(15)16)11(13-14)9-4-8(12)6-17-9/h4-6H,2-3H2,1H3,(H,15,16). The summed E-state index contributed by atoms with van der Waals surface area (Å²) in [6.45, 7) is 0. The Morgan fingerprint density at radius 2 is 2.41 bits per heavy atom. The number of carbonyl (C=O) groups is 1. The number of rotatable bonds is 4. The van der Waals surface area contributed by atoms with Gasteiger partial charge in [0.2, 0.25) is 0 Å². The van der Waals surface area contributed by atoms with Gasteiger partial charge in [0, 0.05) is 29.5 Å². The van der Waals surface area contributed by atoms with Crippen molar-refractivity contribution in [1.29, 1.82) is 0 Å². The second-order valence-corrected chi connectivity index (χ2v) is 5.53. The van der Waals surface area contributed by atoms with E-state index < -0.39 is 5.97 Å². The summed E-state index contributed by atoms with van der Waals surface area (Å²) in [5.74, 6) is -0.785. The van der Waals surface area contributed by atoms with Gasteiger partial charge < -0.3 is 5.11 Å². The van der Waals surface area contributed by atoms with Crippen LogP contribution in [0.1, 0.15) is 12.0 Å². The minimum atomic E-state index is -0.785. The van der Waals surface area contributed by atoms with Crippen molar-refractivity contribution in [1.82, 2.24) is 9.78 Å². The summed E-state index contributed by atoms with van der Waals surface area (Å²) >= 11 is 5.00. The van der Waals surface area contributed by atoms with Gasteiger partial charge in [-0.3, -0.25) is 9.48 Å². The molecule has 17 heavy (non-hydrogen) atoms. The van der Waals surface area contributed by atoms with Gasteiger partial charge in [-0.15, -0.1) is 11.3 Å². The number of aryl methyl sites for hydroxylation is 2. The van der Waals surface area contributed by atoms with Crippen molar-refractivity contribution in [2.45, 2.75) is 12.8 Å². The quantitative estimate of drug-likeness (QED) is 0.944. The van der Waals surface area contributed by atoms with E-state index in [1.54, 1.807) is 16.0 Å². The second kappa shape index (κ2) is 5.01. The summed E-state index contributed by atoms with van der Waals surface area (Å²) in [6.07, 6.45) is 2.52. The molecule has 2 aromatic rings. The molecule has 6 heteroatoms. The number of hydrogen-bond acceptors (Lipinski definition) is 3. The topological polar surface area (TPSA) is 55.1 Å². The molecule has 0 bridgehead atoms. The van der Waals surface area contributed by atoms with E-state index in [0.717, 1.165) is 20.6 Å². The van der Waals surface area contributed by atoms with Crippen LogP contribution in [0, 0.1) is 0 Å². The number of aliphatic carboxylic acids is 1. The molecule has 4 nitrogen and oxygen atoms in total. The highest BCUT2D eigenvalue weighted by atomic mass is 79.9. The Labute approximate surface area is 111 Å². The lowest BCUT2D eigenvalue weighted by Crippen LogP contribution is -1.97. The molecule has 0 spiro atoms. The van der Waals surface area contributed by atoms with E-state index >= 15 is 0 Å². The molecule has 0 unspecified atom stereocenters. The monoisotopic (exact) mass is 314 g/mol. The van der Waals surface area contributed by atoms with Crippen LogP contribution < -0.4 is 0 Å². The highest BCUT2D eigenvalue weighted by molar-refractivity contribution is 9.10. The summed E-state index contributed by atoms with van der Waals surface area (Å²) in [6, 6.07) is 2.00. The van der Waals surface area contributed by atoms with Gasteiger partial charge >= 0.3 is 5.97 Å². The first-order valence-corrected chi connectivity index (χ1v) is 6.72. The lowest BCUT2D eigenvalue weighted by atomic mass is 10.1. The van der Waals surface area contributed by atoms with Crippen molar-refractivity contribution in [3.63, 3.8) is 0 Å². The minimum Gasteiger partial charge on any atom is -0.481 e. The molecule has 0 aliphatic carbocycles. The molecule has 0 aliphatic heterocycles. The van der Waals surface area contributed by atoms with E-state index in [1.807, 2.05) is 24.7 Å². The molecule has 0 saturated carbocycles. The van der Waals surface area contributed by atoms with Crippen LogP contribution in [0.25, 0.3) is 10.6 Å². The summed E-state index contributed by atoms with van der Waals surface area (Å²) in [5.41, 5.74) is 1.86. The molecule has 0 radical (unpaired) electrons. The van der Waals surface area contributed by atoms with Crippen molar-refractivity contribution in [3.05, 3.63) is 27.7 Å². The van der Waals surface area contributed by atoms with E-state index in [0.29, 0.717) is 6.42 Å². The lowest BCUT2D eigenvalue weighted by Gasteiger charge is -1.97. The third kappa shape index (κ3) is 2.95. The molecule has 0 aromatic carbocycles. The van der Waals surface area contributed by atoms with E-state index in [9.17, 15) is 4.79 Å². The number of aromatic nitrogens is 2. The lowest BCUT2D eigenvalue weighted by molar-refractivity contribution is -0.136. The van der Waals surface area contributed by atoms with Gasteiger partial charge in [-0.1, -0.05) is 0 Å². The zero-order valence-corrected chi connectivity index (χ0v) is 11.6. The maximum absolute atomic E-state index is 10.6. The number of thiophene rings is 1. The number of halogens is 1. The Morgan fingerprint density at radius 3 is 3.00 bits per heavy atom. The highest BCUT2D eigenvalue weighted by Crippen LogP contribution is 2.31. The van der Waals surface area contributed by atoms with Gasteiger partial charge in [0.05, 0.1) is 4.88 Å². The Hall–Kier alpha value is -1.14. The molecule has 0 saturated heterocycles. The molecule has 0 fully saturated rings. The fraction of sp³-hybridized carbons (Fsp3) is 0.273. The van der Waals surface area contributed by atoms with Crippen LogP contribution in [-0.2, 0) is 18.3 Å². The van der Waals surface area contributed by atoms with Crippen LogP contribution in [0.5, 0.6) is 0 Å². The third-order valence-electron chi connectivity index (χ3n) is 2.31. The van der Waals surface area contributed by atoms with E-state index in [1.165, 1.54) is 0 Å². The molecule has 0 amide bonds. The minimum absolute atomic E-state index is 0.130. The van der Waals surface area contributed by atoms with Crippen LogP contribution in [0.15, 0.2) is 22.1 Å². The average molecular weight is 315 g/mol. The molecule has 2 heterocycles. The van der Waals surface area contributed by atoms with Crippen molar-refractivity contribution in [2.24, 2.45) is 7.05 Å². The van der Waals surface area contributed by atoms with Gasteiger partial charge in [0.25, 0.3) is 0 Å². The molecule has 2 aromatic heterocycles. The van der Waals surface area contributed by atoms with Crippen LogP contribution in [0.4, 0.5) is 0 Å². The Balaban J connectivity index is 2.30. The van der Waals surface area contributed by atoms with Gasteiger partial charge in [-0.2, -0.15) is 5.10 Å². The van der Waals surface area contributed by atoms with Crippen LogP contribution in [0.3, 0.4) is 0 Å². The van der Waals surface area contributed by atoms with Gasteiger partial charge in [0.15, 0.2) is 0 Å². The van der Waals surface area contributed by atoms with Crippen molar-refractivity contribution < 1.29 is 9.90 Å². The maximum atomic E-state index is 10.6. The number of carboxylic acids is 1. The van der Waals surface area contributed by atoms with Crippen molar-refractivity contribution >= 4 is 33.2 Å². The first kappa shape index (κ1) is 12.3. The highest BCUT2D eigenvalue weighted by Gasteiger charge is 2.13. The third-order valence-corrected chi connectivity index (χ3v) is 4.01. The summed E-state index contributed by atoms with van der Waals surface area (Å²) < 4.78 is 2.74. The second-order valence-electron chi connectivity index (χ2n) is 3.70. The maximum Gasteiger partial charge on any atom is 0.303 e. The zero-order valence-electron chi connectivity index (χ0n) is 9.18. The Kier molecular flexibility index (Phi) is 3.63. The number of carboxylic acid groups (broad SMARTS) is 1. The number of hydrogen-bond donors (Lipinski definition) is 1. The summed E-state index contributed by atoms with van der Waals surface area (Å²) in [4.78, 5) is 11.7. The van der Waals surface area contributed by atoms with E-state index in [4.69, 9.17) is 5.11 Å². The molecule has 0 aliphatic rings. The zero-order chi connectivity index (χ0) is 12.4. The Morgan fingerprint density at radius 1 is 1.65 bits per heavy atom. The fourth-order valence-electron chi connectivity index (χ4n) is 1.61. The normalized spacial score (nSPS) is 10.7. The van der Waals surface area contributed by atoms with E-state index in [2.05, 4.69) is 21.0 Å². The number of nitrogens with zero attached hydrogens (tertiary/aromatic N) is 2. The fourth-order valence-corrected chi connectivity index (χ4v) is 3.05. The van der Waals surface area contributed by atoms with Crippen LogP contribution in [-0.4, -0.2) is 20.9 Å².